The lowest BCUT2D eigenvalue weighted by Gasteiger charge is -2.08. The van der Waals surface area contributed by atoms with E-state index in [-0.39, 0.29) is 24.9 Å². The van der Waals surface area contributed by atoms with Crippen molar-refractivity contribution in [3.05, 3.63) is 0 Å². The molecule has 4 heteroatoms. The van der Waals surface area contributed by atoms with Gasteiger partial charge in [-0.15, -0.1) is 0 Å². The predicted octanol–water partition coefficient (Wildman–Crippen LogP) is 0.924. The number of ether oxygens (including phenoxy) is 2. The Labute approximate surface area is 70.8 Å². The normalized spacial score (nSPS) is 28.8. The van der Waals surface area contributed by atoms with E-state index >= 15 is 0 Å². The molecule has 1 saturated heterocycles. The number of methoxy groups -OCH3 is 1. The Balaban J connectivity index is 2.18. The number of carbonyl (C=O) groups excluding carboxylic acids is 1. The van der Waals surface area contributed by atoms with Gasteiger partial charge in [-0.2, -0.15) is 0 Å². The van der Waals surface area contributed by atoms with Gasteiger partial charge in [0.2, 0.25) is 0 Å². The topological polar surface area (TPSA) is 35.5 Å². The molecule has 1 rings (SSSR count). The van der Waals surface area contributed by atoms with Crippen LogP contribution in [-0.4, -0.2) is 32.5 Å². The number of rotatable bonds is 3. The van der Waals surface area contributed by atoms with Crippen LogP contribution in [0, 0.1) is 5.92 Å². The van der Waals surface area contributed by atoms with E-state index in [2.05, 4.69) is 4.74 Å². The van der Waals surface area contributed by atoms with Gasteiger partial charge in [0.15, 0.2) is 0 Å². The molecule has 0 aromatic heterocycles. The molecule has 3 nitrogen and oxygen atoms in total. The first-order valence-corrected chi connectivity index (χ1v) is 4.02. The van der Waals surface area contributed by atoms with Crippen LogP contribution in [0.4, 0.5) is 4.39 Å². The fourth-order valence-corrected chi connectivity index (χ4v) is 1.24. The van der Waals surface area contributed by atoms with Gasteiger partial charge in [0.1, 0.15) is 6.17 Å². The zero-order chi connectivity index (χ0) is 8.97. The van der Waals surface area contributed by atoms with Crippen LogP contribution in [0.2, 0.25) is 0 Å². The standard InChI is InChI=1S/C8H13FO3/c1-11-8(10)3-2-6-4-12-5-7(6)9/h6-7H,2-5H2,1H3. The van der Waals surface area contributed by atoms with E-state index in [4.69, 9.17) is 4.74 Å². The Kier molecular flexibility index (Phi) is 3.47. The summed E-state index contributed by atoms with van der Waals surface area (Å²) in [5, 5.41) is 0. The Bertz CT molecular complexity index is 160. The zero-order valence-electron chi connectivity index (χ0n) is 7.09. The minimum Gasteiger partial charge on any atom is -0.469 e. The highest BCUT2D eigenvalue weighted by molar-refractivity contribution is 5.69. The molecule has 12 heavy (non-hydrogen) atoms. The van der Waals surface area contributed by atoms with Crippen molar-refractivity contribution >= 4 is 5.97 Å². The summed E-state index contributed by atoms with van der Waals surface area (Å²) < 4.78 is 22.2. The number of carbonyl (C=O) groups is 1. The lowest BCUT2D eigenvalue weighted by molar-refractivity contribution is -0.141. The average molecular weight is 176 g/mol. The highest BCUT2D eigenvalue weighted by Crippen LogP contribution is 2.21. The number of hydrogen-bond donors (Lipinski definition) is 0. The predicted molar refractivity (Wildman–Crippen MR) is 40.5 cm³/mol. The minimum atomic E-state index is -0.908. The van der Waals surface area contributed by atoms with E-state index in [9.17, 15) is 9.18 Å². The van der Waals surface area contributed by atoms with Gasteiger partial charge >= 0.3 is 5.97 Å². The highest BCUT2D eigenvalue weighted by atomic mass is 19.1. The summed E-state index contributed by atoms with van der Waals surface area (Å²) in [4.78, 5) is 10.7. The largest absolute Gasteiger partial charge is 0.469 e. The van der Waals surface area contributed by atoms with Crippen LogP contribution in [0.15, 0.2) is 0 Å². The van der Waals surface area contributed by atoms with Crippen LogP contribution in [0.25, 0.3) is 0 Å². The average Bonchev–Trinajstić information content (AvgIpc) is 2.47. The third-order valence-electron chi connectivity index (χ3n) is 2.07. The molecule has 1 aliphatic rings. The van der Waals surface area contributed by atoms with E-state index in [1.165, 1.54) is 7.11 Å². The molecule has 1 aliphatic heterocycles. The smallest absolute Gasteiger partial charge is 0.305 e. The van der Waals surface area contributed by atoms with E-state index in [1.54, 1.807) is 0 Å². The molecule has 0 aromatic carbocycles. The van der Waals surface area contributed by atoms with E-state index < -0.39 is 6.17 Å². The second-order valence-electron chi connectivity index (χ2n) is 2.93. The van der Waals surface area contributed by atoms with Crippen LogP contribution in [-0.2, 0) is 14.3 Å². The Morgan fingerprint density at radius 3 is 2.92 bits per heavy atom. The molecular formula is C8H13FO3. The molecule has 0 aromatic rings. The SMILES string of the molecule is COC(=O)CCC1COCC1F. The quantitative estimate of drug-likeness (QED) is 0.600. The van der Waals surface area contributed by atoms with Gasteiger partial charge in [0.05, 0.1) is 20.3 Å². The minimum absolute atomic E-state index is 0.121. The molecule has 1 heterocycles. The molecule has 2 unspecified atom stereocenters. The third-order valence-corrected chi connectivity index (χ3v) is 2.07. The maximum Gasteiger partial charge on any atom is 0.305 e. The maximum atomic E-state index is 12.9. The van der Waals surface area contributed by atoms with Gasteiger partial charge < -0.3 is 9.47 Å². The summed E-state index contributed by atoms with van der Waals surface area (Å²) >= 11 is 0. The molecule has 0 N–H and O–H groups in total. The molecule has 1 fully saturated rings. The lowest BCUT2D eigenvalue weighted by Crippen LogP contribution is -2.15. The molecule has 0 saturated carbocycles. The summed E-state index contributed by atoms with van der Waals surface area (Å²) in [6.45, 7) is 0.601. The summed E-state index contributed by atoms with van der Waals surface area (Å²) in [6.07, 6.45) is -0.103. The van der Waals surface area contributed by atoms with Crippen molar-refractivity contribution in [2.75, 3.05) is 20.3 Å². The molecule has 70 valence electrons. The number of hydrogen-bond acceptors (Lipinski definition) is 3. The second-order valence-corrected chi connectivity index (χ2v) is 2.93. The highest BCUT2D eigenvalue weighted by Gasteiger charge is 2.28. The van der Waals surface area contributed by atoms with Crippen LogP contribution in [0.5, 0.6) is 0 Å². The van der Waals surface area contributed by atoms with Gasteiger partial charge in [-0.3, -0.25) is 4.79 Å². The second kappa shape index (κ2) is 4.40. The van der Waals surface area contributed by atoms with Crippen molar-refractivity contribution in [1.82, 2.24) is 0 Å². The van der Waals surface area contributed by atoms with Crippen molar-refractivity contribution in [2.45, 2.75) is 19.0 Å². The van der Waals surface area contributed by atoms with Crippen LogP contribution < -0.4 is 0 Å². The third kappa shape index (κ3) is 2.44. The zero-order valence-corrected chi connectivity index (χ0v) is 7.09. The van der Waals surface area contributed by atoms with Crippen molar-refractivity contribution in [3.8, 4) is 0 Å². The van der Waals surface area contributed by atoms with Gasteiger partial charge in [-0.05, 0) is 6.42 Å². The van der Waals surface area contributed by atoms with E-state index in [0.29, 0.717) is 13.0 Å². The number of esters is 1. The lowest BCUT2D eigenvalue weighted by atomic mass is 10.0. The Hall–Kier alpha value is -0.640. The summed E-state index contributed by atoms with van der Waals surface area (Å²) in [5.74, 6) is -0.404. The van der Waals surface area contributed by atoms with Crippen LogP contribution in [0.1, 0.15) is 12.8 Å². The van der Waals surface area contributed by atoms with Gasteiger partial charge in [0, 0.05) is 12.3 Å². The van der Waals surface area contributed by atoms with Crippen molar-refractivity contribution < 1.29 is 18.7 Å². The van der Waals surface area contributed by atoms with Crippen molar-refractivity contribution in [1.29, 1.82) is 0 Å². The van der Waals surface area contributed by atoms with Crippen LogP contribution >= 0.6 is 0 Å². The molecule has 0 radical (unpaired) electrons. The van der Waals surface area contributed by atoms with Crippen LogP contribution in [0.3, 0.4) is 0 Å². The summed E-state index contributed by atoms with van der Waals surface area (Å²) in [5.41, 5.74) is 0. The monoisotopic (exact) mass is 176 g/mol. The molecular weight excluding hydrogens is 163 g/mol. The van der Waals surface area contributed by atoms with E-state index in [1.807, 2.05) is 0 Å². The molecule has 0 aliphatic carbocycles. The fourth-order valence-electron chi connectivity index (χ4n) is 1.24. The molecule has 0 spiro atoms. The molecule has 2 atom stereocenters. The summed E-state index contributed by atoms with van der Waals surface area (Å²) in [7, 11) is 1.33. The first-order chi connectivity index (χ1) is 5.74. The molecule has 0 amide bonds. The van der Waals surface area contributed by atoms with Crippen molar-refractivity contribution in [2.24, 2.45) is 5.92 Å². The number of alkyl halides is 1. The van der Waals surface area contributed by atoms with E-state index in [0.717, 1.165) is 0 Å². The molecule has 0 bridgehead atoms. The number of halogens is 1. The maximum absolute atomic E-state index is 12.9. The van der Waals surface area contributed by atoms with Gasteiger partial charge in [0.25, 0.3) is 0 Å². The first-order valence-electron chi connectivity index (χ1n) is 4.02. The Morgan fingerprint density at radius 1 is 1.67 bits per heavy atom. The van der Waals surface area contributed by atoms with Crippen molar-refractivity contribution in [3.63, 3.8) is 0 Å². The van der Waals surface area contributed by atoms with Gasteiger partial charge in [-0.25, -0.2) is 4.39 Å². The Morgan fingerprint density at radius 2 is 2.42 bits per heavy atom. The van der Waals surface area contributed by atoms with Gasteiger partial charge in [-0.1, -0.05) is 0 Å². The summed E-state index contributed by atoms with van der Waals surface area (Å²) in [6, 6.07) is 0. The first kappa shape index (κ1) is 9.45. The fraction of sp³-hybridized carbons (Fsp3) is 0.875.